The van der Waals surface area contributed by atoms with Crippen LogP contribution in [0.5, 0.6) is 0 Å². The minimum Gasteiger partial charge on any atom is -0.478 e. The van der Waals surface area contributed by atoms with E-state index in [1.807, 2.05) is 60.7 Å². The molecule has 12 nitrogen and oxygen atoms in total. The molecule has 3 aromatic carbocycles. The van der Waals surface area contributed by atoms with Gasteiger partial charge in [0.25, 0.3) is 0 Å². The number of rotatable bonds is 20. The van der Waals surface area contributed by atoms with E-state index in [9.17, 15) is 24.0 Å². The van der Waals surface area contributed by atoms with E-state index >= 15 is 0 Å². The largest absolute Gasteiger partial charge is 0.478 e. The molecule has 0 bridgehead atoms. The lowest BCUT2D eigenvalue weighted by atomic mass is 10.1. The molecule has 252 valence electrons. The summed E-state index contributed by atoms with van der Waals surface area (Å²) in [6, 6.07) is 25.0. The number of aliphatic carboxylic acids is 2. The van der Waals surface area contributed by atoms with Gasteiger partial charge in [0.15, 0.2) is 0 Å². The van der Waals surface area contributed by atoms with Gasteiger partial charge < -0.3 is 24.4 Å². The molecule has 48 heavy (non-hydrogen) atoms. The summed E-state index contributed by atoms with van der Waals surface area (Å²) in [5, 5.41) is 17.5. The lowest BCUT2D eigenvalue weighted by molar-refractivity contribution is -0.313. The highest BCUT2D eigenvalue weighted by Gasteiger charge is 2.19. The van der Waals surface area contributed by atoms with Crippen LogP contribution in [-0.2, 0) is 49.8 Å². The number of carbonyl (C=O) groups excluding carboxylic acids is 3. The van der Waals surface area contributed by atoms with Crippen LogP contribution in [0.25, 0.3) is 0 Å². The monoisotopic (exact) mass is 696 g/mol. The molecule has 0 aliphatic heterocycles. The van der Waals surface area contributed by atoms with Gasteiger partial charge in [0, 0.05) is 45.6 Å². The number of carboxylic acid groups (broad SMARTS) is 2. The molecule has 3 aromatic rings. The zero-order valence-electron chi connectivity index (χ0n) is 25.4. The minimum atomic E-state index is -1.30. The van der Waals surface area contributed by atoms with E-state index in [-0.39, 0.29) is 31.1 Å². The van der Waals surface area contributed by atoms with Crippen LogP contribution in [0.3, 0.4) is 0 Å². The maximum Gasteiger partial charge on any atom is 0.338 e. The topological polar surface area (TPSA) is 172 Å². The van der Waals surface area contributed by atoms with Gasteiger partial charge in [-0.05, 0) is 42.0 Å². The fraction of sp³-hybridized carbons (Fsp3) is 0.206. The molecule has 0 fully saturated rings. The molecule has 0 saturated carbocycles. The zero-order chi connectivity index (χ0) is 34.6. The average molecular weight is 697 g/mol. The number of carbonyl (C=O) groups is 5. The normalized spacial score (nSPS) is 12.3. The van der Waals surface area contributed by atoms with Crippen LogP contribution in [0.2, 0.25) is 0 Å². The molecule has 14 heteroatoms. The summed E-state index contributed by atoms with van der Waals surface area (Å²) >= 11 is 2.80. The fourth-order valence-corrected chi connectivity index (χ4v) is 5.34. The van der Waals surface area contributed by atoms with E-state index in [0.29, 0.717) is 23.5 Å². The van der Waals surface area contributed by atoms with Gasteiger partial charge in [-0.2, -0.15) is 0 Å². The molecule has 2 unspecified atom stereocenters. The van der Waals surface area contributed by atoms with Crippen molar-refractivity contribution in [2.45, 2.75) is 28.6 Å². The lowest BCUT2D eigenvalue weighted by Gasteiger charge is -2.17. The Morgan fingerprint density at radius 1 is 0.604 bits per heavy atom. The van der Waals surface area contributed by atoms with Crippen LogP contribution in [0, 0.1) is 0 Å². The van der Waals surface area contributed by atoms with Gasteiger partial charge in [0.1, 0.15) is 32.0 Å². The van der Waals surface area contributed by atoms with Crippen molar-refractivity contribution in [3.63, 3.8) is 0 Å². The molecule has 0 radical (unpaired) electrons. The molecule has 0 aliphatic rings. The molecule has 3 rings (SSSR count). The van der Waals surface area contributed by atoms with Crippen LogP contribution in [0.4, 0.5) is 0 Å². The van der Waals surface area contributed by atoms with E-state index in [1.165, 1.54) is 35.7 Å². The smallest absolute Gasteiger partial charge is 0.338 e. The quantitative estimate of drug-likeness (QED) is 0.0308. The Bertz CT molecular complexity index is 1540. The molecular weight excluding hydrogens is 664 g/mol. The molecule has 0 amide bonds. The van der Waals surface area contributed by atoms with Gasteiger partial charge in [-0.15, -0.1) is 23.5 Å². The van der Waals surface area contributed by atoms with Crippen LogP contribution in [0.1, 0.15) is 15.9 Å². The Morgan fingerprint density at radius 3 is 1.56 bits per heavy atom. The van der Waals surface area contributed by atoms with E-state index in [1.54, 1.807) is 12.1 Å². The average Bonchev–Trinajstić information content (AvgIpc) is 3.09. The van der Waals surface area contributed by atoms with E-state index in [4.69, 9.17) is 34.2 Å². The highest BCUT2D eigenvalue weighted by molar-refractivity contribution is 7.99. The molecule has 2 atom stereocenters. The standard InChI is InChI=1S/C34H32O12S2/c35-30(36)15-17-32(39)45-26(22-47-28-7-3-1-4-8-28)20-42-34(41)25-13-11-24(12-14-25)19-43-44-21-27(46-33(40)18-16-31(37)38)23-48-29-9-5-2-6-10-29/h1-18,26-27H,19-23H2,(H,35,36)(H,37,38)/b17-15+,18-16+. The summed E-state index contributed by atoms with van der Waals surface area (Å²) < 4.78 is 16.0. The van der Waals surface area contributed by atoms with Gasteiger partial charge in [0.2, 0.25) is 0 Å². The van der Waals surface area contributed by atoms with E-state index in [0.717, 1.165) is 21.9 Å². The van der Waals surface area contributed by atoms with Gasteiger partial charge in [-0.1, -0.05) is 48.5 Å². The van der Waals surface area contributed by atoms with Gasteiger partial charge >= 0.3 is 29.8 Å². The minimum absolute atomic E-state index is 0.000660. The maximum atomic E-state index is 12.7. The highest BCUT2D eigenvalue weighted by Crippen LogP contribution is 2.21. The van der Waals surface area contributed by atoms with Crippen LogP contribution in [0.15, 0.2) is 119 Å². The molecule has 0 saturated heterocycles. The Labute approximate surface area is 284 Å². The predicted molar refractivity (Wildman–Crippen MR) is 175 cm³/mol. The molecule has 2 N–H and O–H groups in total. The number of thioether (sulfide) groups is 2. The maximum absolute atomic E-state index is 12.7. The third-order valence-corrected chi connectivity index (χ3v) is 8.09. The number of benzene rings is 3. The second kappa shape index (κ2) is 21.1. The molecule has 0 aliphatic carbocycles. The number of esters is 3. The van der Waals surface area contributed by atoms with Crippen LogP contribution < -0.4 is 0 Å². The third-order valence-electron chi connectivity index (χ3n) is 5.80. The Morgan fingerprint density at radius 2 is 1.08 bits per heavy atom. The van der Waals surface area contributed by atoms with Crippen molar-refractivity contribution >= 4 is 53.4 Å². The van der Waals surface area contributed by atoms with Gasteiger partial charge in [-0.3, -0.25) is 0 Å². The van der Waals surface area contributed by atoms with Crippen molar-refractivity contribution in [1.29, 1.82) is 0 Å². The molecule has 0 aromatic heterocycles. The van der Waals surface area contributed by atoms with Crippen LogP contribution in [-0.4, -0.2) is 77.0 Å². The predicted octanol–water partition coefficient (Wildman–Crippen LogP) is 4.98. The summed E-state index contributed by atoms with van der Waals surface area (Å²) in [7, 11) is 0. The fourth-order valence-electron chi connectivity index (χ4n) is 3.55. The Kier molecular flexibility index (Phi) is 16.5. The summed E-state index contributed by atoms with van der Waals surface area (Å²) in [5.41, 5.74) is 0.880. The summed E-state index contributed by atoms with van der Waals surface area (Å²) in [6.45, 7) is -0.388. The second-order valence-corrected chi connectivity index (χ2v) is 11.7. The van der Waals surface area contributed by atoms with Gasteiger partial charge in [0.05, 0.1) is 5.56 Å². The van der Waals surface area contributed by atoms with Gasteiger partial charge in [-0.25, -0.2) is 33.7 Å². The number of carboxylic acids is 2. The molecule has 0 spiro atoms. The lowest BCUT2D eigenvalue weighted by Crippen LogP contribution is -2.27. The van der Waals surface area contributed by atoms with Crippen molar-refractivity contribution < 1.29 is 58.2 Å². The van der Waals surface area contributed by atoms with Crippen molar-refractivity contribution in [3.8, 4) is 0 Å². The molecular formula is C34H32O12S2. The number of hydrogen-bond acceptors (Lipinski definition) is 12. The summed E-state index contributed by atoms with van der Waals surface area (Å²) in [6.07, 6.45) is 1.34. The van der Waals surface area contributed by atoms with Crippen molar-refractivity contribution in [1.82, 2.24) is 0 Å². The third kappa shape index (κ3) is 15.6. The first kappa shape index (κ1) is 37.6. The SMILES string of the molecule is O=C(O)/C=C/C(=O)OC(COOCc1ccc(C(=O)OCC(CSc2ccccc2)OC(=O)/C=C/C(=O)O)cc1)CSc1ccccc1. The van der Waals surface area contributed by atoms with E-state index in [2.05, 4.69) is 0 Å². The Balaban J connectivity index is 1.49. The first-order valence-electron chi connectivity index (χ1n) is 14.3. The second-order valence-electron chi connectivity index (χ2n) is 9.55. The zero-order valence-corrected chi connectivity index (χ0v) is 27.0. The van der Waals surface area contributed by atoms with Crippen molar-refractivity contribution in [2.24, 2.45) is 0 Å². The van der Waals surface area contributed by atoms with Crippen molar-refractivity contribution in [3.05, 3.63) is 120 Å². The Hall–Kier alpha value is -4.89. The van der Waals surface area contributed by atoms with Crippen molar-refractivity contribution in [2.75, 3.05) is 24.7 Å². The summed E-state index contributed by atoms with van der Waals surface area (Å²) in [4.78, 5) is 70.6. The van der Waals surface area contributed by atoms with Crippen LogP contribution >= 0.6 is 23.5 Å². The summed E-state index contributed by atoms with van der Waals surface area (Å²) in [5.74, 6) is -4.39. The number of ether oxygens (including phenoxy) is 3. The first-order chi connectivity index (χ1) is 23.2. The molecule has 0 heterocycles. The first-order valence-corrected chi connectivity index (χ1v) is 16.2. The van der Waals surface area contributed by atoms with E-state index < -0.39 is 42.1 Å². The number of hydrogen-bond donors (Lipinski definition) is 2. The highest BCUT2D eigenvalue weighted by atomic mass is 32.2.